The second-order valence-electron chi connectivity index (χ2n) is 4.05. The maximum Gasteiger partial charge on any atom is 0.147 e. The first kappa shape index (κ1) is 10.8. The Morgan fingerprint density at radius 1 is 1.47 bits per heavy atom. The van der Waals surface area contributed by atoms with Crippen LogP contribution in [-0.2, 0) is 6.54 Å². The topological polar surface area (TPSA) is 41.1 Å². The van der Waals surface area contributed by atoms with Gasteiger partial charge in [-0.05, 0) is 13.0 Å². The average molecular weight is 227 g/mol. The number of halogens is 1. The summed E-state index contributed by atoms with van der Waals surface area (Å²) in [5, 5.41) is 3.71. The van der Waals surface area contributed by atoms with Gasteiger partial charge in [-0.2, -0.15) is 0 Å². The highest BCUT2D eigenvalue weighted by atomic mass is 35.5. The van der Waals surface area contributed by atoms with Crippen molar-refractivity contribution in [2.75, 3.05) is 26.7 Å². The largest absolute Gasteiger partial charge is 0.316 e. The summed E-state index contributed by atoms with van der Waals surface area (Å²) in [6.07, 6.45) is 3.33. The van der Waals surface area contributed by atoms with E-state index >= 15 is 0 Å². The van der Waals surface area contributed by atoms with Crippen molar-refractivity contribution >= 4 is 11.6 Å². The number of nitrogens with zero attached hydrogens (tertiary/aromatic N) is 3. The number of hydrogen-bond acceptors (Lipinski definition) is 4. The molecule has 0 radical (unpaired) electrons. The minimum Gasteiger partial charge on any atom is -0.316 e. The van der Waals surface area contributed by atoms with Crippen LogP contribution in [0.5, 0.6) is 0 Å². The zero-order chi connectivity index (χ0) is 10.7. The summed E-state index contributed by atoms with van der Waals surface area (Å²) in [7, 11) is 2.11. The van der Waals surface area contributed by atoms with E-state index in [4.69, 9.17) is 11.6 Å². The first-order chi connectivity index (χ1) is 7.24. The Morgan fingerprint density at radius 2 is 2.27 bits per heavy atom. The first-order valence-electron chi connectivity index (χ1n) is 5.10. The van der Waals surface area contributed by atoms with Gasteiger partial charge in [0.1, 0.15) is 5.15 Å². The number of nitrogens with one attached hydrogen (secondary N) is 1. The van der Waals surface area contributed by atoms with Gasteiger partial charge in [-0.3, -0.25) is 4.98 Å². The summed E-state index contributed by atoms with van der Waals surface area (Å²) in [6, 6.07) is 0. The lowest BCUT2D eigenvalue weighted by Gasteiger charge is -2.31. The number of rotatable bonds is 4. The molecule has 1 aromatic rings. The molecule has 1 aliphatic heterocycles. The molecule has 0 spiro atoms. The molecule has 1 aromatic heterocycles. The summed E-state index contributed by atoms with van der Waals surface area (Å²) < 4.78 is 0. The molecule has 0 aliphatic carbocycles. The normalized spacial score (nSPS) is 16.7. The highest BCUT2D eigenvalue weighted by molar-refractivity contribution is 6.29. The van der Waals surface area contributed by atoms with Crippen molar-refractivity contribution < 1.29 is 0 Å². The van der Waals surface area contributed by atoms with Crippen molar-refractivity contribution in [1.82, 2.24) is 20.2 Å². The molecule has 0 unspecified atom stereocenters. The third kappa shape index (κ3) is 3.12. The fourth-order valence-electron chi connectivity index (χ4n) is 1.68. The molecule has 0 saturated carbocycles. The molecule has 82 valence electrons. The molecule has 0 bridgehead atoms. The lowest BCUT2D eigenvalue weighted by Crippen LogP contribution is -2.47. The molecule has 1 aliphatic rings. The van der Waals surface area contributed by atoms with Crippen molar-refractivity contribution in [3.8, 4) is 0 Å². The molecule has 0 amide bonds. The molecule has 2 heterocycles. The Morgan fingerprint density at radius 3 is 2.80 bits per heavy atom. The molecule has 4 nitrogen and oxygen atoms in total. The van der Waals surface area contributed by atoms with Gasteiger partial charge in [-0.25, -0.2) is 4.98 Å². The Labute approximate surface area is 94.7 Å². The van der Waals surface area contributed by atoms with Crippen LogP contribution in [0.1, 0.15) is 5.69 Å². The predicted molar refractivity (Wildman–Crippen MR) is 59.7 cm³/mol. The fourth-order valence-corrected chi connectivity index (χ4v) is 1.78. The van der Waals surface area contributed by atoms with Crippen molar-refractivity contribution in [2.24, 2.45) is 5.92 Å². The van der Waals surface area contributed by atoms with E-state index in [-0.39, 0.29) is 0 Å². The summed E-state index contributed by atoms with van der Waals surface area (Å²) in [6.45, 7) is 4.21. The maximum atomic E-state index is 5.67. The monoisotopic (exact) mass is 226 g/mol. The average Bonchev–Trinajstić information content (AvgIpc) is 2.16. The minimum absolute atomic E-state index is 0.449. The number of aromatic nitrogens is 2. The Bertz CT molecular complexity index is 310. The van der Waals surface area contributed by atoms with Crippen molar-refractivity contribution in [2.45, 2.75) is 6.54 Å². The fraction of sp³-hybridized carbons (Fsp3) is 0.600. The van der Waals surface area contributed by atoms with Crippen molar-refractivity contribution in [3.05, 3.63) is 23.2 Å². The van der Waals surface area contributed by atoms with E-state index < -0.39 is 0 Å². The summed E-state index contributed by atoms with van der Waals surface area (Å²) in [5.41, 5.74) is 0.967. The van der Waals surface area contributed by atoms with Crippen molar-refractivity contribution in [3.63, 3.8) is 0 Å². The highest BCUT2D eigenvalue weighted by Gasteiger charge is 2.18. The smallest absolute Gasteiger partial charge is 0.147 e. The van der Waals surface area contributed by atoms with E-state index in [0.29, 0.717) is 5.15 Å². The van der Waals surface area contributed by atoms with Crippen molar-refractivity contribution in [1.29, 1.82) is 0 Å². The van der Waals surface area contributed by atoms with Gasteiger partial charge in [-0.1, -0.05) is 11.6 Å². The van der Waals surface area contributed by atoms with E-state index in [1.165, 1.54) is 0 Å². The van der Waals surface area contributed by atoms with Crippen LogP contribution in [0.25, 0.3) is 0 Å². The van der Waals surface area contributed by atoms with E-state index in [2.05, 4.69) is 27.2 Å². The van der Waals surface area contributed by atoms with Crippen LogP contribution in [0, 0.1) is 5.92 Å². The van der Waals surface area contributed by atoms with Crippen LogP contribution in [0.3, 0.4) is 0 Å². The van der Waals surface area contributed by atoms with E-state index in [9.17, 15) is 0 Å². The Balaban J connectivity index is 1.82. The quantitative estimate of drug-likeness (QED) is 0.824. The van der Waals surface area contributed by atoms with Gasteiger partial charge >= 0.3 is 0 Å². The van der Waals surface area contributed by atoms with Crippen LogP contribution in [0.15, 0.2) is 12.4 Å². The Kier molecular flexibility index (Phi) is 3.51. The van der Waals surface area contributed by atoms with Gasteiger partial charge in [0.05, 0.1) is 18.1 Å². The van der Waals surface area contributed by atoms with Crippen LogP contribution in [-0.4, -0.2) is 41.5 Å². The zero-order valence-electron chi connectivity index (χ0n) is 8.78. The molecule has 5 heteroatoms. The maximum absolute atomic E-state index is 5.67. The molecule has 0 atom stereocenters. The highest BCUT2D eigenvalue weighted by Crippen LogP contribution is 2.08. The Hall–Kier alpha value is -0.710. The second-order valence-corrected chi connectivity index (χ2v) is 4.44. The second kappa shape index (κ2) is 4.88. The third-order valence-electron chi connectivity index (χ3n) is 2.54. The standard InChI is InChI=1S/C10H15ClN4/c1-15(6-8-2-12-3-8)7-9-4-14-10(11)5-13-9/h4-5,8,12H,2-3,6-7H2,1H3. The predicted octanol–water partition coefficient (Wildman–Crippen LogP) is 0.781. The molecule has 1 saturated heterocycles. The van der Waals surface area contributed by atoms with Gasteiger partial charge in [0.25, 0.3) is 0 Å². The van der Waals surface area contributed by atoms with Gasteiger partial charge < -0.3 is 10.2 Å². The molecule has 15 heavy (non-hydrogen) atoms. The van der Waals surface area contributed by atoms with E-state index in [0.717, 1.165) is 37.8 Å². The van der Waals surface area contributed by atoms with Crippen LogP contribution >= 0.6 is 11.6 Å². The lowest BCUT2D eigenvalue weighted by atomic mass is 10.0. The first-order valence-corrected chi connectivity index (χ1v) is 5.47. The molecule has 2 rings (SSSR count). The third-order valence-corrected chi connectivity index (χ3v) is 2.74. The molecule has 1 N–H and O–H groups in total. The molecule has 1 fully saturated rings. The zero-order valence-corrected chi connectivity index (χ0v) is 9.54. The minimum atomic E-state index is 0.449. The van der Waals surface area contributed by atoms with Gasteiger partial charge in [0.15, 0.2) is 0 Å². The van der Waals surface area contributed by atoms with Gasteiger partial charge in [-0.15, -0.1) is 0 Å². The van der Waals surface area contributed by atoms with Crippen LogP contribution < -0.4 is 5.32 Å². The van der Waals surface area contributed by atoms with E-state index in [1.807, 2.05) is 0 Å². The summed E-state index contributed by atoms with van der Waals surface area (Å²) in [5.74, 6) is 0.787. The summed E-state index contributed by atoms with van der Waals surface area (Å²) in [4.78, 5) is 10.5. The van der Waals surface area contributed by atoms with E-state index in [1.54, 1.807) is 12.4 Å². The van der Waals surface area contributed by atoms with Gasteiger partial charge in [0, 0.05) is 26.2 Å². The molecular formula is C10H15ClN4. The van der Waals surface area contributed by atoms with Crippen LogP contribution in [0.4, 0.5) is 0 Å². The summed E-state index contributed by atoms with van der Waals surface area (Å²) >= 11 is 5.67. The SMILES string of the molecule is CN(Cc1cnc(Cl)cn1)CC1CNC1. The van der Waals surface area contributed by atoms with Crippen LogP contribution in [0.2, 0.25) is 5.15 Å². The lowest BCUT2D eigenvalue weighted by molar-refractivity contribution is 0.217. The van der Waals surface area contributed by atoms with Gasteiger partial charge in [0.2, 0.25) is 0 Å². The number of hydrogen-bond donors (Lipinski definition) is 1. The molecular weight excluding hydrogens is 212 g/mol. The molecule has 0 aromatic carbocycles.